The van der Waals surface area contributed by atoms with Gasteiger partial charge in [0.05, 0.1) is 30.7 Å². The predicted molar refractivity (Wildman–Crippen MR) is 208 cm³/mol. The summed E-state index contributed by atoms with van der Waals surface area (Å²) in [7, 11) is -1.37. The first-order chi connectivity index (χ1) is 22.7. The largest absolute Gasteiger partial charge is 0.512 e. The van der Waals surface area contributed by atoms with Crippen LogP contribution in [0.3, 0.4) is 0 Å². The SMILES string of the molecule is CC(C)(C)c1ccc2nc(-c3[c-]ccc4ccccc34)n(-c3ccc([Si](C)(C)C)cc3)c2c1.CCC(CC)C(=O)/C=C(\O)C(CC)CC.[Ir]. The Bertz CT molecular complexity index is 1860. The quantitative estimate of drug-likeness (QED) is 0.0659. The minimum atomic E-state index is -1.37. The van der Waals surface area contributed by atoms with Crippen LogP contribution in [0.15, 0.2) is 90.7 Å². The second-order valence-electron chi connectivity index (χ2n) is 15.0. The molecule has 1 radical (unpaired) electrons. The second-order valence-corrected chi connectivity index (χ2v) is 20.0. The van der Waals surface area contributed by atoms with E-state index in [0.29, 0.717) is 0 Å². The standard InChI is InChI=1S/C30H31N2Si.C13H24O2.Ir/c1-30(2,3)22-14-19-27-28(20-22)32(23-15-17-24(18-16-23)33(4,5)6)29(31-27)26-13-9-11-21-10-7-8-12-25(21)26;1-5-10(6-2)12(14)9-13(15)11(7-3)8-4;/h7-12,14-20H,1-6H3;9-11,14H,5-8H2,1-4H3;/q-1;;/b;12-9-;. The molecule has 4 aromatic carbocycles. The van der Waals surface area contributed by atoms with Crippen molar-refractivity contribution < 1.29 is 30.0 Å². The fourth-order valence-corrected chi connectivity index (χ4v) is 7.38. The van der Waals surface area contributed by atoms with Crippen LogP contribution in [0.25, 0.3) is 38.9 Å². The molecule has 6 heteroatoms. The number of aromatic nitrogens is 2. The van der Waals surface area contributed by atoms with Crippen LogP contribution in [-0.4, -0.2) is 28.5 Å². The number of aliphatic hydroxyl groups is 1. The summed E-state index contributed by atoms with van der Waals surface area (Å²) in [4.78, 5) is 16.9. The number of imidazole rings is 1. The molecule has 0 fully saturated rings. The van der Waals surface area contributed by atoms with Crippen molar-refractivity contribution in [1.82, 2.24) is 9.55 Å². The molecular weight excluding hydrogens is 797 g/mol. The van der Waals surface area contributed by atoms with E-state index in [0.717, 1.165) is 53.8 Å². The summed E-state index contributed by atoms with van der Waals surface area (Å²) >= 11 is 0. The van der Waals surface area contributed by atoms with Crippen molar-refractivity contribution in [3.63, 3.8) is 0 Å². The Morgan fingerprint density at radius 2 is 1.49 bits per heavy atom. The van der Waals surface area contributed by atoms with Crippen LogP contribution < -0.4 is 5.19 Å². The smallest absolute Gasteiger partial charge is 0.162 e. The van der Waals surface area contributed by atoms with Crippen molar-refractivity contribution in [2.45, 2.75) is 99.2 Å². The second kappa shape index (κ2) is 17.1. The van der Waals surface area contributed by atoms with Crippen LogP contribution in [-0.2, 0) is 30.3 Å². The van der Waals surface area contributed by atoms with E-state index in [1.54, 1.807) is 0 Å². The monoisotopic (exact) mass is 852 g/mol. The number of nitrogens with zero attached hydrogens (tertiary/aromatic N) is 2. The minimum Gasteiger partial charge on any atom is -0.512 e. The molecule has 0 amide bonds. The van der Waals surface area contributed by atoms with Crippen LogP contribution in [0.1, 0.15) is 79.7 Å². The fourth-order valence-electron chi connectivity index (χ4n) is 6.21. The van der Waals surface area contributed by atoms with Gasteiger partial charge < -0.3 is 9.67 Å². The van der Waals surface area contributed by atoms with Crippen molar-refractivity contribution in [3.8, 4) is 17.1 Å². The number of fused-ring (bicyclic) bond motifs is 2. The molecule has 0 spiro atoms. The van der Waals surface area contributed by atoms with Gasteiger partial charge in [0.25, 0.3) is 0 Å². The number of aliphatic hydroxyl groups excluding tert-OH is 1. The number of carbonyl (C=O) groups excluding carboxylic acids is 1. The topological polar surface area (TPSA) is 55.1 Å². The van der Waals surface area contributed by atoms with Gasteiger partial charge >= 0.3 is 0 Å². The third-order valence-electron chi connectivity index (χ3n) is 9.54. The molecule has 1 aromatic heterocycles. The molecule has 0 aliphatic carbocycles. The van der Waals surface area contributed by atoms with E-state index < -0.39 is 8.07 Å². The molecule has 0 saturated carbocycles. The Morgan fingerprint density at radius 3 is 2.06 bits per heavy atom. The first kappa shape index (κ1) is 40.1. The molecule has 5 rings (SSSR count). The van der Waals surface area contributed by atoms with Gasteiger partial charge in [-0.1, -0.05) is 121 Å². The third kappa shape index (κ3) is 9.48. The summed E-state index contributed by atoms with van der Waals surface area (Å²) in [6, 6.07) is 31.9. The van der Waals surface area contributed by atoms with Gasteiger partial charge in [-0.25, -0.2) is 0 Å². The van der Waals surface area contributed by atoms with Crippen LogP contribution >= 0.6 is 0 Å². The van der Waals surface area contributed by atoms with Gasteiger partial charge in [0.2, 0.25) is 0 Å². The van der Waals surface area contributed by atoms with E-state index in [-0.39, 0.29) is 48.9 Å². The summed E-state index contributed by atoms with van der Waals surface area (Å²) in [5.41, 5.74) is 5.70. The minimum absolute atomic E-state index is 0. The van der Waals surface area contributed by atoms with Crippen LogP contribution in [0.2, 0.25) is 19.6 Å². The van der Waals surface area contributed by atoms with Gasteiger partial charge in [0.15, 0.2) is 5.78 Å². The van der Waals surface area contributed by atoms with Gasteiger partial charge in [-0.05, 0) is 60.9 Å². The van der Waals surface area contributed by atoms with Gasteiger partial charge in [-0.2, -0.15) is 0 Å². The maximum absolute atomic E-state index is 11.7. The van der Waals surface area contributed by atoms with Crippen LogP contribution in [0, 0.1) is 17.9 Å². The normalized spacial score (nSPS) is 12.3. The Kier molecular flexibility index (Phi) is 14.0. The summed E-state index contributed by atoms with van der Waals surface area (Å²) in [6.45, 7) is 22.0. The molecule has 1 heterocycles. The van der Waals surface area contributed by atoms with E-state index in [1.807, 2.05) is 33.8 Å². The van der Waals surface area contributed by atoms with Crippen molar-refractivity contribution in [1.29, 1.82) is 0 Å². The van der Waals surface area contributed by atoms with Crippen molar-refractivity contribution in [2.75, 3.05) is 0 Å². The summed E-state index contributed by atoms with van der Waals surface area (Å²) in [6.07, 6.45) is 4.91. The fraction of sp³-hybridized carbons (Fsp3) is 0.395. The molecule has 49 heavy (non-hydrogen) atoms. The molecular formula is C43H55IrN2O2Si-. The average molecular weight is 852 g/mol. The number of carbonyl (C=O) groups is 1. The van der Waals surface area contributed by atoms with Gasteiger partial charge in [0, 0.05) is 43.7 Å². The first-order valence-corrected chi connectivity index (χ1v) is 21.2. The van der Waals surface area contributed by atoms with Crippen molar-refractivity contribution >= 4 is 40.8 Å². The van der Waals surface area contributed by atoms with Crippen molar-refractivity contribution in [2.24, 2.45) is 11.8 Å². The van der Waals surface area contributed by atoms with Crippen LogP contribution in [0.4, 0.5) is 0 Å². The summed E-state index contributed by atoms with van der Waals surface area (Å²) < 4.78 is 2.32. The van der Waals surface area contributed by atoms with E-state index in [9.17, 15) is 9.90 Å². The Labute approximate surface area is 309 Å². The third-order valence-corrected chi connectivity index (χ3v) is 11.6. The van der Waals surface area contributed by atoms with Crippen molar-refractivity contribution in [3.05, 3.63) is 102 Å². The van der Waals surface area contributed by atoms with E-state index in [2.05, 4.69) is 124 Å². The number of hydrogen-bond donors (Lipinski definition) is 1. The molecule has 0 unspecified atom stereocenters. The van der Waals surface area contributed by atoms with E-state index >= 15 is 0 Å². The Morgan fingerprint density at radius 1 is 0.878 bits per heavy atom. The maximum atomic E-state index is 11.7. The molecule has 0 aliphatic heterocycles. The van der Waals surface area contributed by atoms with Gasteiger partial charge in [0.1, 0.15) is 0 Å². The predicted octanol–water partition coefficient (Wildman–Crippen LogP) is 11.4. The first-order valence-electron chi connectivity index (χ1n) is 17.7. The number of allylic oxidation sites excluding steroid dienone is 2. The van der Waals surface area contributed by atoms with Gasteiger partial charge in [-0.15, -0.1) is 29.1 Å². The number of hydrogen-bond acceptors (Lipinski definition) is 3. The van der Waals surface area contributed by atoms with E-state index in [1.165, 1.54) is 27.6 Å². The summed E-state index contributed by atoms with van der Waals surface area (Å²) in [5, 5.41) is 13.6. The molecule has 0 saturated heterocycles. The molecule has 0 atom stereocenters. The molecule has 4 nitrogen and oxygen atoms in total. The van der Waals surface area contributed by atoms with Gasteiger partial charge in [-0.3, -0.25) is 9.78 Å². The average Bonchev–Trinajstić information content (AvgIpc) is 3.44. The molecule has 0 bridgehead atoms. The number of rotatable bonds is 10. The number of benzene rings is 4. The zero-order valence-corrected chi connectivity index (χ0v) is 34.5. The molecule has 1 N–H and O–H groups in total. The molecule has 263 valence electrons. The molecule has 5 aromatic rings. The van der Waals surface area contributed by atoms with E-state index in [4.69, 9.17) is 4.98 Å². The molecule has 0 aliphatic rings. The maximum Gasteiger partial charge on any atom is 0.162 e. The Hall–Kier alpha value is -3.31. The zero-order valence-electron chi connectivity index (χ0n) is 31.1. The Balaban J connectivity index is 0.000000347. The number of ketones is 1. The zero-order chi connectivity index (χ0) is 35.2. The summed E-state index contributed by atoms with van der Waals surface area (Å²) in [5.74, 6) is 1.49. The van der Waals surface area contributed by atoms with Crippen LogP contribution in [0.5, 0.6) is 0 Å².